The summed E-state index contributed by atoms with van der Waals surface area (Å²) in [4.78, 5) is 17.0. The number of nitrogens with one attached hydrogen (secondary N) is 1. The number of aryl methyl sites for hydroxylation is 1. The quantitative estimate of drug-likeness (QED) is 0.550. The van der Waals surface area contributed by atoms with E-state index in [1.54, 1.807) is 32.7 Å². The van der Waals surface area contributed by atoms with Crippen LogP contribution in [-0.4, -0.2) is 27.2 Å². The van der Waals surface area contributed by atoms with Crippen molar-refractivity contribution in [3.8, 4) is 17.2 Å². The van der Waals surface area contributed by atoms with E-state index in [1.165, 1.54) is 16.9 Å². The fourth-order valence-electron chi connectivity index (χ4n) is 4.76. The highest BCUT2D eigenvalue weighted by Crippen LogP contribution is 2.46. The van der Waals surface area contributed by atoms with Crippen LogP contribution in [0, 0.1) is 0 Å². The summed E-state index contributed by atoms with van der Waals surface area (Å²) in [6.07, 6.45) is 4.04. The van der Waals surface area contributed by atoms with Gasteiger partial charge in [0, 0.05) is 11.4 Å². The van der Waals surface area contributed by atoms with Crippen LogP contribution in [0.15, 0.2) is 42.5 Å². The second kappa shape index (κ2) is 8.98. The number of ether oxygens (including phenoxy) is 3. The zero-order valence-corrected chi connectivity index (χ0v) is 20.0. The maximum absolute atomic E-state index is 13.4. The molecule has 0 radical (unpaired) electrons. The number of anilines is 1. The Balaban J connectivity index is 1.60. The number of thiophene rings is 1. The highest BCUT2D eigenvalue weighted by atomic mass is 32.1. The summed E-state index contributed by atoms with van der Waals surface area (Å²) >= 11 is 1.78. The molecule has 1 aliphatic carbocycles. The molecule has 3 aromatic rings. The Morgan fingerprint density at radius 1 is 0.970 bits per heavy atom. The van der Waals surface area contributed by atoms with Gasteiger partial charge in [-0.05, 0) is 66.6 Å². The van der Waals surface area contributed by atoms with Crippen molar-refractivity contribution in [3.63, 3.8) is 0 Å². The molecule has 1 aromatic heterocycles. The van der Waals surface area contributed by atoms with Crippen LogP contribution in [0.5, 0.6) is 17.2 Å². The molecule has 0 saturated carbocycles. The van der Waals surface area contributed by atoms with Gasteiger partial charge in [-0.3, -0.25) is 4.79 Å². The van der Waals surface area contributed by atoms with E-state index in [-0.39, 0.29) is 12.1 Å². The molecule has 1 amide bonds. The molecule has 0 bridgehead atoms. The first-order valence-corrected chi connectivity index (χ1v) is 12.0. The SMILES string of the molecule is COc1ccc(CN2c3sc4c(c3C(=O)NC2c2ccc(OC)c(OC)c2)CCCC4)cc1. The zero-order chi connectivity index (χ0) is 22.9. The number of carbonyl (C=O) groups is 1. The number of rotatable bonds is 6. The van der Waals surface area contributed by atoms with Crippen LogP contribution in [-0.2, 0) is 19.4 Å². The van der Waals surface area contributed by atoms with E-state index >= 15 is 0 Å². The monoisotopic (exact) mass is 464 g/mol. The number of methoxy groups -OCH3 is 3. The summed E-state index contributed by atoms with van der Waals surface area (Å²) in [5, 5.41) is 4.34. The second-order valence-corrected chi connectivity index (χ2v) is 9.44. The molecular weight excluding hydrogens is 436 g/mol. The summed E-state index contributed by atoms with van der Waals surface area (Å²) in [5.74, 6) is 2.15. The van der Waals surface area contributed by atoms with Crippen LogP contribution in [0.3, 0.4) is 0 Å². The molecule has 1 unspecified atom stereocenters. The third-order valence-corrected chi connectivity index (χ3v) is 7.78. The lowest BCUT2D eigenvalue weighted by atomic mass is 9.94. The molecule has 2 aromatic carbocycles. The largest absolute Gasteiger partial charge is 0.497 e. The van der Waals surface area contributed by atoms with Crippen molar-refractivity contribution in [2.75, 3.05) is 26.2 Å². The van der Waals surface area contributed by atoms with E-state index in [9.17, 15) is 4.79 Å². The molecule has 6 nitrogen and oxygen atoms in total. The van der Waals surface area contributed by atoms with Gasteiger partial charge in [-0.1, -0.05) is 18.2 Å². The summed E-state index contributed by atoms with van der Waals surface area (Å²) in [5.41, 5.74) is 4.20. The second-order valence-electron chi connectivity index (χ2n) is 8.36. The molecule has 0 fully saturated rings. The van der Waals surface area contributed by atoms with Gasteiger partial charge >= 0.3 is 0 Å². The van der Waals surface area contributed by atoms with E-state index in [1.807, 2.05) is 30.3 Å². The zero-order valence-electron chi connectivity index (χ0n) is 19.1. The number of carbonyl (C=O) groups excluding carboxylic acids is 1. The van der Waals surface area contributed by atoms with Crippen LogP contribution in [0.25, 0.3) is 0 Å². The van der Waals surface area contributed by atoms with Crippen molar-refractivity contribution >= 4 is 22.2 Å². The Morgan fingerprint density at radius 3 is 2.45 bits per heavy atom. The number of hydrogen-bond acceptors (Lipinski definition) is 6. The standard InChI is InChI=1S/C26H28N2O4S/c1-30-18-11-8-16(9-12-18)15-28-24(17-10-13-20(31-2)21(14-17)32-3)27-25(29)23-19-6-4-5-7-22(19)33-26(23)28/h8-14,24H,4-7,15H2,1-3H3,(H,27,29). The van der Waals surface area contributed by atoms with Crippen LogP contribution in [0.2, 0.25) is 0 Å². The number of fused-ring (bicyclic) bond motifs is 3. The lowest BCUT2D eigenvalue weighted by Crippen LogP contribution is -2.45. The van der Waals surface area contributed by atoms with E-state index in [0.717, 1.165) is 46.7 Å². The third kappa shape index (κ3) is 3.91. The average molecular weight is 465 g/mol. The number of hydrogen-bond donors (Lipinski definition) is 1. The van der Waals surface area contributed by atoms with Gasteiger partial charge < -0.3 is 24.4 Å². The number of nitrogens with zero attached hydrogens (tertiary/aromatic N) is 1. The molecule has 1 N–H and O–H groups in total. The number of amides is 1. The first-order valence-electron chi connectivity index (χ1n) is 11.2. The minimum atomic E-state index is -0.313. The fraction of sp³-hybridized carbons (Fsp3) is 0.346. The van der Waals surface area contributed by atoms with Crippen molar-refractivity contribution in [1.82, 2.24) is 5.32 Å². The van der Waals surface area contributed by atoms with Crippen molar-refractivity contribution in [2.45, 2.75) is 38.4 Å². The van der Waals surface area contributed by atoms with Crippen LogP contribution < -0.4 is 24.4 Å². The molecule has 2 heterocycles. The van der Waals surface area contributed by atoms with Crippen molar-refractivity contribution in [1.29, 1.82) is 0 Å². The third-order valence-electron chi connectivity index (χ3n) is 6.46. The Bertz CT molecular complexity index is 1170. The maximum atomic E-state index is 13.4. The minimum Gasteiger partial charge on any atom is -0.497 e. The molecule has 7 heteroatoms. The fourth-order valence-corrected chi connectivity index (χ4v) is 6.17. The molecule has 2 aliphatic rings. The van der Waals surface area contributed by atoms with E-state index < -0.39 is 0 Å². The average Bonchev–Trinajstić information content (AvgIpc) is 3.26. The smallest absolute Gasteiger partial charge is 0.256 e. The van der Waals surface area contributed by atoms with Gasteiger partial charge in [0.05, 0.1) is 26.9 Å². The van der Waals surface area contributed by atoms with Crippen molar-refractivity contribution in [2.24, 2.45) is 0 Å². The van der Waals surface area contributed by atoms with Gasteiger partial charge in [-0.15, -0.1) is 11.3 Å². The van der Waals surface area contributed by atoms with Crippen LogP contribution in [0.4, 0.5) is 5.00 Å². The topological polar surface area (TPSA) is 60.0 Å². The molecule has 0 saturated heterocycles. The lowest BCUT2D eigenvalue weighted by molar-refractivity contribution is 0.0925. The first-order chi connectivity index (χ1) is 16.1. The minimum absolute atomic E-state index is 0.00941. The molecule has 172 valence electrons. The van der Waals surface area contributed by atoms with E-state index in [4.69, 9.17) is 14.2 Å². The molecular formula is C26H28N2O4S. The normalized spacial score (nSPS) is 17.1. The molecule has 33 heavy (non-hydrogen) atoms. The Hall–Kier alpha value is -3.19. The lowest BCUT2D eigenvalue weighted by Gasteiger charge is -2.38. The molecule has 0 spiro atoms. The summed E-state index contributed by atoms with van der Waals surface area (Å²) in [7, 11) is 4.92. The number of benzene rings is 2. The van der Waals surface area contributed by atoms with E-state index in [0.29, 0.717) is 18.0 Å². The summed E-state index contributed by atoms with van der Waals surface area (Å²) in [6, 6.07) is 13.9. The molecule has 1 atom stereocenters. The van der Waals surface area contributed by atoms with Gasteiger partial charge in [0.2, 0.25) is 0 Å². The Kier molecular flexibility index (Phi) is 5.89. The Morgan fingerprint density at radius 2 is 1.73 bits per heavy atom. The maximum Gasteiger partial charge on any atom is 0.256 e. The molecule has 5 rings (SSSR count). The predicted molar refractivity (Wildman–Crippen MR) is 130 cm³/mol. The van der Waals surface area contributed by atoms with Gasteiger partial charge in [0.25, 0.3) is 5.91 Å². The highest BCUT2D eigenvalue weighted by Gasteiger charge is 2.37. The van der Waals surface area contributed by atoms with Crippen LogP contribution >= 0.6 is 11.3 Å². The van der Waals surface area contributed by atoms with Crippen molar-refractivity contribution in [3.05, 3.63) is 69.6 Å². The van der Waals surface area contributed by atoms with Gasteiger partial charge in [-0.25, -0.2) is 0 Å². The van der Waals surface area contributed by atoms with Crippen molar-refractivity contribution < 1.29 is 19.0 Å². The van der Waals surface area contributed by atoms with Gasteiger partial charge in [0.15, 0.2) is 11.5 Å². The Labute approximate surface area is 198 Å². The van der Waals surface area contributed by atoms with Gasteiger partial charge in [-0.2, -0.15) is 0 Å². The van der Waals surface area contributed by atoms with Crippen LogP contribution in [0.1, 0.15) is 50.9 Å². The highest BCUT2D eigenvalue weighted by molar-refractivity contribution is 7.16. The predicted octanol–water partition coefficient (Wildman–Crippen LogP) is 5.10. The molecule has 1 aliphatic heterocycles. The first kappa shape index (κ1) is 21.6. The summed E-state index contributed by atoms with van der Waals surface area (Å²) < 4.78 is 16.3. The van der Waals surface area contributed by atoms with Gasteiger partial charge in [0.1, 0.15) is 16.9 Å². The summed E-state index contributed by atoms with van der Waals surface area (Å²) in [6.45, 7) is 0.662. The van der Waals surface area contributed by atoms with E-state index in [2.05, 4.69) is 22.3 Å².